The zero-order valence-corrected chi connectivity index (χ0v) is 20.1. The molecule has 0 radical (unpaired) electrons. The Morgan fingerprint density at radius 1 is 1.11 bits per heavy atom. The Bertz CT molecular complexity index is 1660. The van der Waals surface area contributed by atoms with Crippen LogP contribution < -0.4 is 4.74 Å². The lowest BCUT2D eigenvalue weighted by atomic mass is 10.1. The first-order valence-electron chi connectivity index (χ1n) is 11.0. The van der Waals surface area contributed by atoms with Crippen molar-refractivity contribution in [3.05, 3.63) is 65.9 Å². The lowest BCUT2D eigenvalue weighted by molar-refractivity contribution is 0.101. The van der Waals surface area contributed by atoms with Gasteiger partial charge in [0.05, 0.1) is 29.3 Å². The minimum atomic E-state index is -0.0948. The number of aryl methyl sites for hydroxylation is 2. The van der Waals surface area contributed by atoms with E-state index in [1.54, 1.807) is 35.8 Å². The Morgan fingerprint density at radius 2 is 1.94 bits per heavy atom. The Hall–Kier alpha value is -4.71. The van der Waals surface area contributed by atoms with Gasteiger partial charge in [-0.1, -0.05) is 12.0 Å². The van der Waals surface area contributed by atoms with Crippen LogP contribution in [0.2, 0.25) is 0 Å². The highest BCUT2D eigenvalue weighted by atomic mass is 16.5. The van der Waals surface area contributed by atoms with Crippen molar-refractivity contribution in [2.45, 2.75) is 20.8 Å². The molecule has 0 aliphatic rings. The molecule has 0 saturated carbocycles. The third-order valence-corrected chi connectivity index (χ3v) is 5.67. The summed E-state index contributed by atoms with van der Waals surface area (Å²) in [5.41, 5.74) is 5.44. The molecule has 174 valence electrons. The molecule has 0 aliphatic carbocycles. The fourth-order valence-corrected chi connectivity index (χ4v) is 4.07. The molecule has 0 bridgehead atoms. The largest absolute Gasteiger partial charge is 0.479 e. The molecule has 0 spiro atoms. The van der Waals surface area contributed by atoms with Gasteiger partial charge in [0.25, 0.3) is 0 Å². The minimum Gasteiger partial charge on any atom is -0.479 e. The second-order valence-corrected chi connectivity index (χ2v) is 8.10. The zero-order valence-electron chi connectivity index (χ0n) is 20.1. The van der Waals surface area contributed by atoms with Crippen LogP contribution >= 0.6 is 0 Å². The molecule has 0 aliphatic heterocycles. The molecule has 0 amide bonds. The van der Waals surface area contributed by atoms with Gasteiger partial charge < -0.3 is 4.74 Å². The van der Waals surface area contributed by atoms with Gasteiger partial charge in [-0.2, -0.15) is 5.10 Å². The van der Waals surface area contributed by atoms with Gasteiger partial charge in [0, 0.05) is 18.9 Å². The van der Waals surface area contributed by atoms with Gasteiger partial charge in [0.2, 0.25) is 5.88 Å². The van der Waals surface area contributed by atoms with E-state index in [1.165, 1.54) is 6.92 Å². The molecule has 0 atom stereocenters. The van der Waals surface area contributed by atoms with Crippen LogP contribution in [0.25, 0.3) is 33.8 Å². The number of nitrogens with zero attached hydrogens (tertiary/aromatic N) is 7. The molecular weight excluding hydrogens is 442 g/mol. The topological polar surface area (TPSA) is 92.6 Å². The Labute approximate surface area is 202 Å². The van der Waals surface area contributed by atoms with Crippen LogP contribution in [-0.2, 0) is 7.05 Å². The van der Waals surface area contributed by atoms with Gasteiger partial charge in [-0.05, 0) is 62.6 Å². The maximum absolute atomic E-state index is 12.4. The molecule has 0 saturated heterocycles. The quantitative estimate of drug-likeness (QED) is 0.289. The molecular formula is C26H23N7O2. The van der Waals surface area contributed by atoms with E-state index in [4.69, 9.17) is 9.72 Å². The zero-order chi connectivity index (χ0) is 24.7. The number of Topliss-reactive ketones (excluding diaryl/α,β-unsaturated/α-hetero) is 1. The van der Waals surface area contributed by atoms with Crippen molar-refractivity contribution in [1.29, 1.82) is 0 Å². The van der Waals surface area contributed by atoms with E-state index >= 15 is 0 Å². The fraction of sp³-hybridized carbons (Fsp3) is 0.192. The third-order valence-electron chi connectivity index (χ3n) is 5.67. The summed E-state index contributed by atoms with van der Waals surface area (Å²) in [4.78, 5) is 21.8. The first-order valence-corrected chi connectivity index (χ1v) is 11.0. The smallest absolute Gasteiger partial charge is 0.240 e. The van der Waals surface area contributed by atoms with Crippen molar-refractivity contribution in [2.75, 3.05) is 7.11 Å². The number of imidazole rings is 1. The van der Waals surface area contributed by atoms with Crippen LogP contribution in [-0.4, -0.2) is 47.0 Å². The van der Waals surface area contributed by atoms with Crippen molar-refractivity contribution in [1.82, 2.24) is 34.1 Å². The maximum atomic E-state index is 12.4. The highest BCUT2D eigenvalue weighted by molar-refractivity contribution is 5.97. The van der Waals surface area contributed by atoms with E-state index in [-0.39, 0.29) is 5.78 Å². The monoisotopic (exact) mass is 465 g/mol. The van der Waals surface area contributed by atoms with Gasteiger partial charge in [-0.3, -0.25) is 14.0 Å². The summed E-state index contributed by atoms with van der Waals surface area (Å²) < 4.78 is 10.7. The lowest BCUT2D eigenvalue weighted by Gasteiger charge is -2.11. The molecule has 1 aromatic carbocycles. The van der Waals surface area contributed by atoms with Gasteiger partial charge in [0.1, 0.15) is 17.8 Å². The first-order chi connectivity index (χ1) is 16.9. The summed E-state index contributed by atoms with van der Waals surface area (Å²) >= 11 is 0. The number of pyridine rings is 1. The van der Waals surface area contributed by atoms with Crippen LogP contribution in [0, 0.1) is 18.8 Å². The predicted molar refractivity (Wildman–Crippen MR) is 132 cm³/mol. The first kappa shape index (κ1) is 22.1. The predicted octanol–water partition coefficient (Wildman–Crippen LogP) is 3.90. The van der Waals surface area contributed by atoms with E-state index < -0.39 is 0 Å². The molecule has 0 N–H and O–H groups in total. The Balaban J connectivity index is 1.62. The van der Waals surface area contributed by atoms with Gasteiger partial charge >= 0.3 is 0 Å². The normalized spacial score (nSPS) is 10.9. The number of carbonyl (C=O) groups is 1. The van der Waals surface area contributed by atoms with E-state index in [1.807, 2.05) is 55.1 Å². The van der Waals surface area contributed by atoms with Crippen LogP contribution in [0.4, 0.5) is 0 Å². The highest BCUT2D eigenvalue weighted by Gasteiger charge is 2.18. The van der Waals surface area contributed by atoms with E-state index in [2.05, 4.69) is 27.0 Å². The Kier molecular flexibility index (Phi) is 5.41. The summed E-state index contributed by atoms with van der Waals surface area (Å²) in [6, 6.07) is 11.4. The van der Waals surface area contributed by atoms with Crippen molar-refractivity contribution in [3.63, 3.8) is 0 Å². The fourth-order valence-electron chi connectivity index (χ4n) is 4.07. The average molecular weight is 466 g/mol. The lowest BCUT2D eigenvalue weighted by Crippen LogP contribution is -2.11. The third kappa shape index (κ3) is 3.85. The number of fused-ring (bicyclic) bond motifs is 1. The van der Waals surface area contributed by atoms with Crippen molar-refractivity contribution in [3.8, 4) is 40.5 Å². The van der Waals surface area contributed by atoms with Crippen LogP contribution in [0.1, 0.15) is 35.6 Å². The molecule has 9 heteroatoms. The molecule has 4 aromatic heterocycles. The van der Waals surface area contributed by atoms with Gasteiger partial charge in [-0.15, -0.1) is 5.10 Å². The summed E-state index contributed by atoms with van der Waals surface area (Å²) in [5, 5.41) is 8.88. The number of ketones is 1. The molecule has 35 heavy (non-hydrogen) atoms. The summed E-state index contributed by atoms with van der Waals surface area (Å²) in [6.45, 7) is 5.19. The number of benzene rings is 1. The van der Waals surface area contributed by atoms with E-state index in [0.29, 0.717) is 28.8 Å². The van der Waals surface area contributed by atoms with Crippen LogP contribution in [0.15, 0.2) is 48.9 Å². The number of methoxy groups -OCH3 is 1. The number of hydrogen-bond acceptors (Lipinski definition) is 6. The standard InChI is InChI=1S/C26H23N7O2/c1-6-7-19-12-16(2)33(29-19)25-20(17(3)34)9-11-24(28-25)32-15-27-22-13-18(8-10-23(22)32)21-14-31(4)30-26(21)35-5/h8-15H,1-5H3. The second-order valence-electron chi connectivity index (χ2n) is 8.10. The summed E-state index contributed by atoms with van der Waals surface area (Å²) in [5.74, 6) is 7.35. The Morgan fingerprint density at radius 3 is 2.69 bits per heavy atom. The molecule has 9 nitrogen and oxygen atoms in total. The molecule has 5 rings (SSSR count). The van der Waals surface area contributed by atoms with Gasteiger partial charge in [0.15, 0.2) is 11.6 Å². The highest BCUT2D eigenvalue weighted by Crippen LogP contribution is 2.31. The van der Waals surface area contributed by atoms with Crippen molar-refractivity contribution in [2.24, 2.45) is 7.05 Å². The molecule has 0 fully saturated rings. The maximum Gasteiger partial charge on any atom is 0.240 e. The molecule has 0 unspecified atom stereocenters. The number of carbonyl (C=O) groups excluding carboxylic acids is 1. The van der Waals surface area contributed by atoms with E-state index in [9.17, 15) is 4.79 Å². The van der Waals surface area contributed by atoms with Gasteiger partial charge in [-0.25, -0.2) is 14.6 Å². The number of hydrogen-bond donors (Lipinski definition) is 0. The number of rotatable bonds is 5. The number of ether oxygens (including phenoxy) is 1. The van der Waals surface area contributed by atoms with E-state index in [0.717, 1.165) is 27.9 Å². The van der Waals surface area contributed by atoms with Crippen molar-refractivity contribution >= 4 is 16.8 Å². The number of aromatic nitrogens is 7. The van der Waals surface area contributed by atoms with Crippen molar-refractivity contribution < 1.29 is 9.53 Å². The SMILES string of the molecule is CC#Cc1cc(C)n(-c2nc(-n3cnc4cc(-c5cn(C)nc5OC)ccc43)ccc2C(C)=O)n1. The van der Waals surface area contributed by atoms with Crippen LogP contribution in [0.5, 0.6) is 5.88 Å². The molecule has 4 heterocycles. The van der Waals surface area contributed by atoms with Crippen LogP contribution in [0.3, 0.4) is 0 Å². The molecule has 5 aromatic rings. The second kappa shape index (κ2) is 8.57. The summed E-state index contributed by atoms with van der Waals surface area (Å²) in [7, 11) is 3.46. The summed E-state index contributed by atoms with van der Waals surface area (Å²) in [6.07, 6.45) is 3.63. The minimum absolute atomic E-state index is 0.0948. The average Bonchev–Trinajstić information content (AvgIpc) is 3.54.